The van der Waals surface area contributed by atoms with E-state index in [4.69, 9.17) is 0 Å². The molecule has 0 saturated heterocycles. The van der Waals surface area contributed by atoms with E-state index in [1.165, 1.54) is 19.3 Å². The Bertz CT molecular complexity index is 260. The zero-order chi connectivity index (χ0) is 10.6. The van der Waals surface area contributed by atoms with Crippen molar-refractivity contribution in [1.82, 2.24) is 0 Å². The fourth-order valence-electron chi connectivity index (χ4n) is 4.12. The SMILES string of the molecule is C=C[C@]1(C)[C@@H](C)[C@@H](O)[C@@]2(C)CCC[C@@H]12. The summed E-state index contributed by atoms with van der Waals surface area (Å²) in [6, 6.07) is 0. The third-order valence-corrected chi connectivity index (χ3v) is 5.33. The summed E-state index contributed by atoms with van der Waals surface area (Å²) >= 11 is 0. The smallest absolute Gasteiger partial charge is 0.0630 e. The fourth-order valence-corrected chi connectivity index (χ4v) is 4.12. The monoisotopic (exact) mass is 194 g/mol. The Balaban J connectivity index is 2.44. The zero-order valence-electron chi connectivity index (χ0n) is 9.59. The molecule has 0 bridgehead atoms. The van der Waals surface area contributed by atoms with Crippen LogP contribution in [0.4, 0.5) is 0 Å². The maximum absolute atomic E-state index is 10.3. The van der Waals surface area contributed by atoms with E-state index in [0.717, 1.165) is 0 Å². The van der Waals surface area contributed by atoms with Crippen LogP contribution in [0.2, 0.25) is 0 Å². The molecule has 0 spiro atoms. The van der Waals surface area contributed by atoms with E-state index in [-0.39, 0.29) is 16.9 Å². The van der Waals surface area contributed by atoms with Gasteiger partial charge < -0.3 is 5.11 Å². The van der Waals surface area contributed by atoms with Crippen LogP contribution in [0, 0.1) is 22.7 Å². The highest BCUT2D eigenvalue weighted by Crippen LogP contribution is 2.64. The molecule has 2 aliphatic carbocycles. The summed E-state index contributed by atoms with van der Waals surface area (Å²) in [7, 11) is 0. The Morgan fingerprint density at radius 2 is 2.07 bits per heavy atom. The topological polar surface area (TPSA) is 20.2 Å². The van der Waals surface area contributed by atoms with Crippen molar-refractivity contribution in [3.05, 3.63) is 12.7 Å². The lowest BCUT2D eigenvalue weighted by atomic mass is 9.71. The van der Waals surface area contributed by atoms with Crippen LogP contribution in [0.25, 0.3) is 0 Å². The summed E-state index contributed by atoms with van der Waals surface area (Å²) in [4.78, 5) is 0. The number of hydrogen-bond acceptors (Lipinski definition) is 1. The van der Waals surface area contributed by atoms with Gasteiger partial charge in [0.05, 0.1) is 6.10 Å². The molecule has 1 heteroatoms. The summed E-state index contributed by atoms with van der Waals surface area (Å²) in [5, 5.41) is 10.3. The standard InChI is InChI=1S/C13H22O/c1-5-12(3)9(2)11(14)13(4)8-6-7-10(12)13/h5,9-11,14H,1,6-8H2,2-4H3/t9-,10-,11+,12+,13-/m0/s1. The van der Waals surface area contributed by atoms with Gasteiger partial charge in [0.1, 0.15) is 0 Å². The normalized spacial score (nSPS) is 57.3. The van der Waals surface area contributed by atoms with Crippen molar-refractivity contribution >= 4 is 0 Å². The van der Waals surface area contributed by atoms with Crippen molar-refractivity contribution in [2.75, 3.05) is 0 Å². The molecule has 2 saturated carbocycles. The number of rotatable bonds is 1. The van der Waals surface area contributed by atoms with Crippen LogP contribution >= 0.6 is 0 Å². The predicted molar refractivity (Wildman–Crippen MR) is 58.9 cm³/mol. The molecule has 1 nitrogen and oxygen atoms in total. The molecular formula is C13H22O. The number of fused-ring (bicyclic) bond motifs is 1. The molecule has 0 aromatic carbocycles. The number of aliphatic hydroxyl groups excluding tert-OH is 1. The van der Waals surface area contributed by atoms with E-state index in [1.807, 2.05) is 0 Å². The van der Waals surface area contributed by atoms with Gasteiger partial charge in [-0.3, -0.25) is 0 Å². The Hall–Kier alpha value is -0.300. The highest BCUT2D eigenvalue weighted by atomic mass is 16.3. The molecule has 2 fully saturated rings. The molecule has 0 aromatic heterocycles. The zero-order valence-corrected chi connectivity index (χ0v) is 9.59. The van der Waals surface area contributed by atoms with Crippen molar-refractivity contribution in [1.29, 1.82) is 0 Å². The molecule has 0 amide bonds. The van der Waals surface area contributed by atoms with E-state index in [0.29, 0.717) is 11.8 Å². The molecule has 2 aliphatic rings. The second-order valence-corrected chi connectivity index (χ2v) is 5.75. The van der Waals surface area contributed by atoms with Gasteiger partial charge in [0, 0.05) is 0 Å². The summed E-state index contributed by atoms with van der Waals surface area (Å²) in [5.41, 5.74) is 0.299. The highest BCUT2D eigenvalue weighted by Gasteiger charge is 2.61. The van der Waals surface area contributed by atoms with Crippen molar-refractivity contribution in [2.45, 2.75) is 46.1 Å². The molecule has 80 valence electrons. The van der Waals surface area contributed by atoms with Crippen LogP contribution in [-0.4, -0.2) is 11.2 Å². The van der Waals surface area contributed by atoms with Gasteiger partial charge in [-0.25, -0.2) is 0 Å². The van der Waals surface area contributed by atoms with Gasteiger partial charge >= 0.3 is 0 Å². The molecule has 0 aliphatic heterocycles. The van der Waals surface area contributed by atoms with Crippen molar-refractivity contribution in [2.24, 2.45) is 22.7 Å². The van der Waals surface area contributed by atoms with Crippen LogP contribution in [0.3, 0.4) is 0 Å². The lowest BCUT2D eigenvalue weighted by Gasteiger charge is -2.33. The third-order valence-electron chi connectivity index (χ3n) is 5.33. The van der Waals surface area contributed by atoms with Gasteiger partial charge in [0.2, 0.25) is 0 Å². The average molecular weight is 194 g/mol. The summed E-state index contributed by atoms with van der Waals surface area (Å²) in [5.74, 6) is 0.993. The molecular weight excluding hydrogens is 172 g/mol. The molecule has 0 unspecified atom stereocenters. The van der Waals surface area contributed by atoms with E-state index in [1.54, 1.807) is 0 Å². The molecule has 14 heavy (non-hydrogen) atoms. The van der Waals surface area contributed by atoms with Gasteiger partial charge in [-0.1, -0.05) is 33.3 Å². The first-order chi connectivity index (χ1) is 6.47. The van der Waals surface area contributed by atoms with Gasteiger partial charge in [0.15, 0.2) is 0 Å². The maximum atomic E-state index is 10.3. The molecule has 0 aromatic rings. The van der Waals surface area contributed by atoms with E-state index < -0.39 is 0 Å². The van der Waals surface area contributed by atoms with Crippen LogP contribution in [-0.2, 0) is 0 Å². The van der Waals surface area contributed by atoms with Crippen LogP contribution in [0.1, 0.15) is 40.0 Å². The Morgan fingerprint density at radius 1 is 1.43 bits per heavy atom. The first kappa shape index (κ1) is 10.2. The lowest BCUT2D eigenvalue weighted by molar-refractivity contribution is 0.0304. The maximum Gasteiger partial charge on any atom is 0.0630 e. The number of hydrogen-bond donors (Lipinski definition) is 1. The number of allylic oxidation sites excluding steroid dienone is 1. The highest BCUT2D eigenvalue weighted by molar-refractivity contribution is 5.16. The van der Waals surface area contributed by atoms with Crippen molar-refractivity contribution in [3.8, 4) is 0 Å². The molecule has 2 rings (SSSR count). The lowest BCUT2D eigenvalue weighted by Crippen LogP contribution is -2.30. The third kappa shape index (κ3) is 0.942. The van der Waals surface area contributed by atoms with Gasteiger partial charge in [-0.2, -0.15) is 0 Å². The Kier molecular flexibility index (Phi) is 2.08. The number of aliphatic hydroxyl groups is 1. The quantitative estimate of drug-likeness (QED) is 0.636. The van der Waals surface area contributed by atoms with Crippen molar-refractivity contribution < 1.29 is 5.11 Å². The van der Waals surface area contributed by atoms with E-state index in [2.05, 4.69) is 33.4 Å². The second kappa shape index (κ2) is 2.85. The molecule has 0 radical (unpaired) electrons. The van der Waals surface area contributed by atoms with Gasteiger partial charge in [-0.15, -0.1) is 6.58 Å². The van der Waals surface area contributed by atoms with Gasteiger partial charge in [-0.05, 0) is 35.5 Å². The minimum atomic E-state index is -0.141. The Morgan fingerprint density at radius 3 is 2.64 bits per heavy atom. The van der Waals surface area contributed by atoms with E-state index in [9.17, 15) is 5.11 Å². The van der Waals surface area contributed by atoms with Gasteiger partial charge in [0.25, 0.3) is 0 Å². The Labute approximate surface area is 87.2 Å². The summed E-state index contributed by atoms with van der Waals surface area (Å²) < 4.78 is 0. The molecule has 1 N–H and O–H groups in total. The average Bonchev–Trinajstić information content (AvgIpc) is 2.63. The molecule has 5 atom stereocenters. The first-order valence-corrected chi connectivity index (χ1v) is 5.78. The fraction of sp³-hybridized carbons (Fsp3) is 0.846. The summed E-state index contributed by atoms with van der Waals surface area (Å²) in [6.45, 7) is 10.7. The molecule has 0 heterocycles. The largest absolute Gasteiger partial charge is 0.392 e. The predicted octanol–water partition coefficient (Wildman–Crippen LogP) is 3.00. The summed E-state index contributed by atoms with van der Waals surface area (Å²) in [6.07, 6.45) is 5.67. The van der Waals surface area contributed by atoms with Crippen LogP contribution in [0.15, 0.2) is 12.7 Å². The first-order valence-electron chi connectivity index (χ1n) is 5.78. The second-order valence-electron chi connectivity index (χ2n) is 5.75. The van der Waals surface area contributed by atoms with E-state index >= 15 is 0 Å². The minimum Gasteiger partial charge on any atom is -0.392 e. The minimum absolute atomic E-state index is 0.141. The van der Waals surface area contributed by atoms with Crippen molar-refractivity contribution in [3.63, 3.8) is 0 Å². The van der Waals surface area contributed by atoms with Crippen LogP contribution < -0.4 is 0 Å². The van der Waals surface area contributed by atoms with Crippen LogP contribution in [0.5, 0.6) is 0 Å².